The predicted molar refractivity (Wildman–Crippen MR) is 114 cm³/mol. The number of hydrogen-bond acceptors (Lipinski definition) is 4. The van der Waals surface area contributed by atoms with Gasteiger partial charge in [0.25, 0.3) is 0 Å². The molecule has 144 valence electrons. The SMILES string of the molecule is C#CCOc1ccc(Br)cc1C=NNC(=O)CC(=O)Nc1ccc(Cl)c(Cl)c1. The molecule has 0 aliphatic heterocycles. The van der Waals surface area contributed by atoms with E-state index in [4.69, 9.17) is 34.4 Å². The van der Waals surface area contributed by atoms with Crippen LogP contribution in [0.4, 0.5) is 5.69 Å². The molecule has 0 bridgehead atoms. The molecule has 0 unspecified atom stereocenters. The normalized spacial score (nSPS) is 10.4. The van der Waals surface area contributed by atoms with E-state index >= 15 is 0 Å². The van der Waals surface area contributed by atoms with Gasteiger partial charge >= 0.3 is 0 Å². The zero-order valence-electron chi connectivity index (χ0n) is 14.3. The van der Waals surface area contributed by atoms with Gasteiger partial charge in [-0.2, -0.15) is 5.10 Å². The number of nitrogens with zero attached hydrogens (tertiary/aromatic N) is 1. The summed E-state index contributed by atoms with van der Waals surface area (Å²) in [5.41, 5.74) is 3.32. The molecule has 0 fully saturated rings. The van der Waals surface area contributed by atoms with Crippen LogP contribution in [0.3, 0.4) is 0 Å². The van der Waals surface area contributed by atoms with Crippen LogP contribution in [0.1, 0.15) is 12.0 Å². The second-order valence-electron chi connectivity index (χ2n) is 5.32. The van der Waals surface area contributed by atoms with E-state index in [1.54, 1.807) is 30.3 Å². The minimum Gasteiger partial charge on any atom is -0.480 e. The summed E-state index contributed by atoms with van der Waals surface area (Å²) in [7, 11) is 0. The Bertz CT molecular complexity index is 958. The fraction of sp³-hybridized carbons (Fsp3) is 0.105. The van der Waals surface area contributed by atoms with Crippen LogP contribution >= 0.6 is 39.1 Å². The van der Waals surface area contributed by atoms with Crippen LogP contribution in [-0.2, 0) is 9.59 Å². The van der Waals surface area contributed by atoms with Crippen LogP contribution in [0.25, 0.3) is 0 Å². The van der Waals surface area contributed by atoms with E-state index < -0.39 is 18.2 Å². The minimum atomic E-state index is -0.588. The highest BCUT2D eigenvalue weighted by molar-refractivity contribution is 9.10. The van der Waals surface area contributed by atoms with E-state index in [1.165, 1.54) is 12.3 Å². The molecule has 0 aliphatic rings. The number of carbonyl (C=O) groups excluding carboxylic acids is 2. The molecule has 2 amide bonds. The molecule has 2 aromatic rings. The highest BCUT2D eigenvalue weighted by Crippen LogP contribution is 2.25. The Labute approximate surface area is 180 Å². The predicted octanol–water partition coefficient (Wildman–Crippen LogP) is 4.25. The molecule has 2 aromatic carbocycles. The Morgan fingerprint density at radius 1 is 1.18 bits per heavy atom. The maximum absolute atomic E-state index is 11.9. The lowest BCUT2D eigenvalue weighted by Crippen LogP contribution is -2.24. The number of rotatable bonds is 7. The summed E-state index contributed by atoms with van der Waals surface area (Å²) in [6.07, 6.45) is 6.16. The minimum absolute atomic E-state index is 0.101. The van der Waals surface area contributed by atoms with Crippen molar-refractivity contribution in [1.82, 2.24) is 5.43 Å². The Kier molecular flexibility index (Phi) is 8.33. The van der Waals surface area contributed by atoms with Gasteiger partial charge in [0.15, 0.2) is 0 Å². The van der Waals surface area contributed by atoms with Crippen LogP contribution in [0, 0.1) is 12.3 Å². The van der Waals surface area contributed by atoms with Crippen molar-refractivity contribution in [2.24, 2.45) is 5.10 Å². The molecule has 0 atom stereocenters. The lowest BCUT2D eigenvalue weighted by atomic mass is 10.2. The molecule has 2 rings (SSSR count). The average molecular weight is 483 g/mol. The van der Waals surface area contributed by atoms with Gasteiger partial charge in [0.1, 0.15) is 18.8 Å². The van der Waals surface area contributed by atoms with Crippen molar-refractivity contribution >= 4 is 62.8 Å². The molecule has 28 heavy (non-hydrogen) atoms. The van der Waals surface area contributed by atoms with E-state index in [0.717, 1.165) is 4.47 Å². The van der Waals surface area contributed by atoms with E-state index in [-0.39, 0.29) is 6.61 Å². The monoisotopic (exact) mass is 481 g/mol. The van der Waals surface area contributed by atoms with E-state index in [2.05, 4.69) is 37.7 Å². The van der Waals surface area contributed by atoms with Gasteiger partial charge in [0.05, 0.1) is 16.3 Å². The zero-order valence-corrected chi connectivity index (χ0v) is 17.4. The fourth-order valence-electron chi connectivity index (χ4n) is 2.01. The number of halogens is 3. The van der Waals surface area contributed by atoms with Crippen molar-refractivity contribution < 1.29 is 14.3 Å². The van der Waals surface area contributed by atoms with Crippen molar-refractivity contribution in [3.8, 4) is 18.1 Å². The number of anilines is 1. The molecule has 0 saturated heterocycles. The largest absolute Gasteiger partial charge is 0.480 e. The summed E-state index contributed by atoms with van der Waals surface area (Å²) < 4.78 is 6.20. The summed E-state index contributed by atoms with van der Waals surface area (Å²) in [6, 6.07) is 9.86. The average Bonchev–Trinajstić information content (AvgIpc) is 2.64. The Morgan fingerprint density at radius 3 is 2.68 bits per heavy atom. The van der Waals surface area contributed by atoms with Gasteiger partial charge in [-0.25, -0.2) is 5.43 Å². The lowest BCUT2D eigenvalue weighted by molar-refractivity contribution is -0.126. The van der Waals surface area contributed by atoms with Crippen LogP contribution in [0.5, 0.6) is 5.75 Å². The number of nitrogens with one attached hydrogen (secondary N) is 2. The van der Waals surface area contributed by atoms with E-state index in [1.807, 2.05) is 0 Å². The first-order chi connectivity index (χ1) is 13.4. The van der Waals surface area contributed by atoms with Crippen molar-refractivity contribution in [2.45, 2.75) is 6.42 Å². The van der Waals surface area contributed by atoms with Crippen LogP contribution < -0.4 is 15.5 Å². The first kappa shape index (κ1) is 21.8. The quantitative estimate of drug-likeness (QED) is 0.268. The third-order valence-electron chi connectivity index (χ3n) is 3.20. The summed E-state index contributed by atoms with van der Waals surface area (Å²) in [5.74, 6) is 1.77. The van der Waals surface area contributed by atoms with Gasteiger partial charge in [0, 0.05) is 15.7 Å². The zero-order chi connectivity index (χ0) is 20.5. The summed E-state index contributed by atoms with van der Waals surface area (Å²) in [6.45, 7) is 0.101. The highest BCUT2D eigenvalue weighted by Gasteiger charge is 2.10. The standard InChI is InChI=1S/C19H14BrCl2N3O3/c1-2-7-28-17-6-3-13(20)8-12(17)11-23-25-19(27)10-18(26)24-14-4-5-15(21)16(22)9-14/h1,3-6,8-9,11H,7,10H2,(H,24,26)(H,25,27). The second-order valence-corrected chi connectivity index (χ2v) is 7.05. The molecule has 0 radical (unpaired) electrons. The number of benzene rings is 2. The molecule has 9 heteroatoms. The van der Waals surface area contributed by atoms with Gasteiger partial charge in [-0.3, -0.25) is 9.59 Å². The molecular formula is C19H14BrCl2N3O3. The number of carbonyl (C=O) groups is 2. The molecule has 0 spiro atoms. The van der Waals surface area contributed by atoms with Crippen molar-refractivity contribution in [3.05, 3.63) is 56.5 Å². The van der Waals surface area contributed by atoms with Crippen LogP contribution in [0.2, 0.25) is 10.0 Å². The third-order valence-corrected chi connectivity index (χ3v) is 4.43. The second kappa shape index (κ2) is 10.7. The number of hydrazone groups is 1. The van der Waals surface area contributed by atoms with E-state index in [0.29, 0.717) is 27.0 Å². The first-order valence-corrected chi connectivity index (χ1v) is 9.36. The molecule has 0 aromatic heterocycles. The van der Waals surface area contributed by atoms with Gasteiger partial charge in [-0.1, -0.05) is 45.1 Å². The van der Waals surface area contributed by atoms with Crippen molar-refractivity contribution in [3.63, 3.8) is 0 Å². The molecule has 0 heterocycles. The Morgan fingerprint density at radius 2 is 1.96 bits per heavy atom. The van der Waals surface area contributed by atoms with Gasteiger partial charge in [-0.15, -0.1) is 6.42 Å². The third kappa shape index (κ3) is 6.89. The van der Waals surface area contributed by atoms with Crippen LogP contribution in [-0.4, -0.2) is 24.6 Å². The summed E-state index contributed by atoms with van der Waals surface area (Å²) in [5, 5.41) is 7.05. The Balaban J connectivity index is 1.91. The fourth-order valence-corrected chi connectivity index (χ4v) is 2.69. The summed E-state index contributed by atoms with van der Waals surface area (Å²) >= 11 is 15.0. The smallest absolute Gasteiger partial charge is 0.249 e. The molecule has 0 aliphatic carbocycles. The highest BCUT2D eigenvalue weighted by atomic mass is 79.9. The van der Waals surface area contributed by atoms with Gasteiger partial charge in [-0.05, 0) is 36.4 Å². The number of ether oxygens (including phenoxy) is 1. The summed E-state index contributed by atoms with van der Waals surface area (Å²) in [4.78, 5) is 23.8. The maximum Gasteiger partial charge on any atom is 0.249 e. The first-order valence-electron chi connectivity index (χ1n) is 7.81. The van der Waals surface area contributed by atoms with Crippen LogP contribution in [0.15, 0.2) is 46.0 Å². The number of terminal acetylenes is 1. The van der Waals surface area contributed by atoms with Gasteiger partial charge < -0.3 is 10.1 Å². The molecule has 6 nitrogen and oxygen atoms in total. The molecular weight excluding hydrogens is 469 g/mol. The number of hydrogen-bond donors (Lipinski definition) is 2. The number of amides is 2. The van der Waals surface area contributed by atoms with Gasteiger partial charge in [0.2, 0.25) is 11.8 Å². The maximum atomic E-state index is 11.9. The molecule has 2 N–H and O–H groups in total. The van der Waals surface area contributed by atoms with Crippen molar-refractivity contribution in [2.75, 3.05) is 11.9 Å². The Hall–Kier alpha value is -2.53. The van der Waals surface area contributed by atoms with Crippen molar-refractivity contribution in [1.29, 1.82) is 0 Å². The lowest BCUT2D eigenvalue weighted by Gasteiger charge is -2.07. The topological polar surface area (TPSA) is 79.8 Å². The molecule has 0 saturated carbocycles. The van der Waals surface area contributed by atoms with E-state index in [9.17, 15) is 9.59 Å².